The van der Waals surface area contributed by atoms with E-state index in [2.05, 4.69) is 6.92 Å². The monoisotopic (exact) mass is 341 g/mol. The van der Waals surface area contributed by atoms with E-state index in [0.717, 1.165) is 13.0 Å². The zero-order valence-corrected chi connectivity index (χ0v) is 14.1. The minimum Gasteiger partial charge on any atom is -0.493 e. The number of nitrogens with zero attached hydrogens (tertiary/aromatic N) is 1. The molecule has 0 aliphatic carbocycles. The number of halogens is 1. The lowest BCUT2D eigenvalue weighted by Crippen LogP contribution is -2.35. The Hall–Kier alpha value is -1.79. The summed E-state index contributed by atoms with van der Waals surface area (Å²) < 4.78 is 5.53. The van der Waals surface area contributed by atoms with Gasteiger partial charge < -0.3 is 21.1 Å². The van der Waals surface area contributed by atoms with Crippen LogP contribution in [0.2, 0.25) is 0 Å². The molecule has 1 heterocycles. The lowest BCUT2D eigenvalue weighted by molar-refractivity contribution is -0.131. The SMILES string of the molecule is CC1(CN)CCN(C(=O)CCOc2cccc(C(N)=O)c2)C1.Cl. The van der Waals surface area contributed by atoms with Gasteiger partial charge >= 0.3 is 0 Å². The zero-order chi connectivity index (χ0) is 16.2. The number of ether oxygens (including phenoxy) is 1. The summed E-state index contributed by atoms with van der Waals surface area (Å²) in [7, 11) is 0. The smallest absolute Gasteiger partial charge is 0.248 e. The zero-order valence-electron chi connectivity index (χ0n) is 13.3. The van der Waals surface area contributed by atoms with Crippen LogP contribution in [0.4, 0.5) is 0 Å². The third-order valence-corrected chi connectivity index (χ3v) is 4.11. The molecule has 0 radical (unpaired) electrons. The van der Waals surface area contributed by atoms with E-state index in [1.54, 1.807) is 24.3 Å². The van der Waals surface area contributed by atoms with Gasteiger partial charge in [0.05, 0.1) is 13.0 Å². The molecule has 0 aromatic heterocycles. The van der Waals surface area contributed by atoms with Crippen LogP contribution in [0.5, 0.6) is 5.75 Å². The van der Waals surface area contributed by atoms with Gasteiger partial charge in [0.15, 0.2) is 0 Å². The van der Waals surface area contributed by atoms with Gasteiger partial charge in [0.25, 0.3) is 0 Å². The second kappa shape index (κ2) is 8.17. The van der Waals surface area contributed by atoms with Crippen molar-refractivity contribution in [2.45, 2.75) is 19.8 Å². The topological polar surface area (TPSA) is 98.7 Å². The van der Waals surface area contributed by atoms with Crippen molar-refractivity contribution in [3.8, 4) is 5.75 Å². The molecule has 23 heavy (non-hydrogen) atoms. The van der Waals surface area contributed by atoms with Gasteiger partial charge in [0, 0.05) is 18.7 Å². The fraction of sp³-hybridized carbons (Fsp3) is 0.500. The average Bonchev–Trinajstić information content (AvgIpc) is 2.91. The van der Waals surface area contributed by atoms with Gasteiger partial charge in [-0.2, -0.15) is 0 Å². The summed E-state index contributed by atoms with van der Waals surface area (Å²) in [5.74, 6) is 0.111. The molecule has 1 saturated heterocycles. The minimum absolute atomic E-state index is 0. The van der Waals surface area contributed by atoms with Crippen molar-refractivity contribution in [1.29, 1.82) is 0 Å². The van der Waals surface area contributed by atoms with Crippen molar-refractivity contribution in [3.63, 3.8) is 0 Å². The first-order valence-electron chi connectivity index (χ1n) is 7.44. The summed E-state index contributed by atoms with van der Waals surface area (Å²) in [5.41, 5.74) is 11.4. The van der Waals surface area contributed by atoms with Crippen molar-refractivity contribution >= 4 is 24.2 Å². The Kier molecular flexibility index (Phi) is 6.84. The van der Waals surface area contributed by atoms with Crippen LogP contribution in [0, 0.1) is 5.41 Å². The maximum absolute atomic E-state index is 12.1. The molecule has 1 unspecified atom stereocenters. The number of amides is 2. The quantitative estimate of drug-likeness (QED) is 0.811. The Morgan fingerprint density at radius 1 is 1.39 bits per heavy atom. The van der Waals surface area contributed by atoms with Gasteiger partial charge in [-0.1, -0.05) is 13.0 Å². The summed E-state index contributed by atoms with van der Waals surface area (Å²) in [6, 6.07) is 6.63. The molecule has 1 atom stereocenters. The first-order chi connectivity index (χ1) is 10.4. The first kappa shape index (κ1) is 19.3. The van der Waals surface area contributed by atoms with Gasteiger partial charge in [-0.25, -0.2) is 0 Å². The van der Waals surface area contributed by atoms with E-state index in [1.807, 2.05) is 4.90 Å². The van der Waals surface area contributed by atoms with Crippen LogP contribution in [0.25, 0.3) is 0 Å². The van der Waals surface area contributed by atoms with Crippen molar-refractivity contribution in [2.24, 2.45) is 16.9 Å². The Bertz CT molecular complexity index is 567. The molecule has 128 valence electrons. The van der Waals surface area contributed by atoms with Gasteiger partial charge in [-0.3, -0.25) is 9.59 Å². The van der Waals surface area contributed by atoms with Crippen LogP contribution in [0.15, 0.2) is 24.3 Å². The van der Waals surface area contributed by atoms with E-state index in [0.29, 0.717) is 30.8 Å². The molecule has 0 spiro atoms. The van der Waals surface area contributed by atoms with Gasteiger partial charge in [0.1, 0.15) is 5.75 Å². The fourth-order valence-corrected chi connectivity index (χ4v) is 2.56. The second-order valence-electron chi connectivity index (χ2n) is 6.07. The molecule has 7 heteroatoms. The number of carbonyl (C=O) groups excluding carboxylic acids is 2. The molecule has 1 aliphatic rings. The lowest BCUT2D eigenvalue weighted by Gasteiger charge is -2.22. The number of primary amides is 1. The van der Waals surface area contributed by atoms with Crippen LogP contribution in [0.3, 0.4) is 0 Å². The summed E-state index contributed by atoms with van der Waals surface area (Å²) in [5, 5.41) is 0. The summed E-state index contributed by atoms with van der Waals surface area (Å²) >= 11 is 0. The molecule has 1 fully saturated rings. The number of hydrogen-bond donors (Lipinski definition) is 2. The number of benzene rings is 1. The lowest BCUT2D eigenvalue weighted by atomic mass is 9.90. The minimum atomic E-state index is -0.500. The number of carbonyl (C=O) groups is 2. The molecule has 6 nitrogen and oxygen atoms in total. The molecule has 0 saturated carbocycles. The Labute approximate surface area is 142 Å². The number of likely N-dealkylation sites (tertiary alicyclic amines) is 1. The Morgan fingerprint density at radius 2 is 2.13 bits per heavy atom. The highest BCUT2D eigenvalue weighted by Gasteiger charge is 2.34. The van der Waals surface area contributed by atoms with Crippen LogP contribution in [-0.4, -0.2) is 43.0 Å². The van der Waals surface area contributed by atoms with Crippen LogP contribution in [-0.2, 0) is 4.79 Å². The standard InChI is InChI=1S/C16H23N3O3.ClH/c1-16(10-17)6-7-19(11-16)14(20)5-8-22-13-4-2-3-12(9-13)15(18)21;/h2-4,9H,5-8,10-11,17H2,1H3,(H2,18,21);1H. The van der Waals surface area contributed by atoms with Crippen LogP contribution >= 0.6 is 12.4 Å². The number of rotatable bonds is 6. The van der Waals surface area contributed by atoms with Crippen LogP contribution < -0.4 is 16.2 Å². The number of nitrogens with two attached hydrogens (primary N) is 2. The van der Waals surface area contributed by atoms with Gasteiger partial charge in [0.2, 0.25) is 11.8 Å². The third-order valence-electron chi connectivity index (χ3n) is 4.11. The van der Waals surface area contributed by atoms with Crippen molar-refractivity contribution in [3.05, 3.63) is 29.8 Å². The molecule has 0 bridgehead atoms. The maximum atomic E-state index is 12.1. The molecule has 1 aromatic rings. The molecule has 4 N–H and O–H groups in total. The van der Waals surface area contributed by atoms with Crippen molar-refractivity contribution < 1.29 is 14.3 Å². The predicted octanol–water partition coefficient (Wildman–Crippen LogP) is 1.17. The molecule has 1 aliphatic heterocycles. The second-order valence-corrected chi connectivity index (χ2v) is 6.07. The van der Waals surface area contributed by atoms with Crippen molar-refractivity contribution in [1.82, 2.24) is 4.90 Å². The summed E-state index contributed by atoms with van der Waals surface area (Å²) in [6.07, 6.45) is 1.25. The van der Waals surface area contributed by atoms with E-state index in [4.69, 9.17) is 16.2 Å². The van der Waals surface area contributed by atoms with Gasteiger partial charge in [-0.05, 0) is 36.6 Å². The van der Waals surface area contributed by atoms with E-state index in [9.17, 15) is 9.59 Å². The summed E-state index contributed by atoms with van der Waals surface area (Å²) in [4.78, 5) is 25.1. The molecule has 2 rings (SSSR count). The molecule has 2 amide bonds. The number of hydrogen-bond acceptors (Lipinski definition) is 4. The highest BCUT2D eigenvalue weighted by molar-refractivity contribution is 5.93. The Balaban J connectivity index is 0.00000264. The van der Waals surface area contributed by atoms with Crippen LogP contribution in [0.1, 0.15) is 30.1 Å². The highest BCUT2D eigenvalue weighted by atomic mass is 35.5. The average molecular weight is 342 g/mol. The molecule has 1 aromatic carbocycles. The predicted molar refractivity (Wildman–Crippen MR) is 90.7 cm³/mol. The largest absolute Gasteiger partial charge is 0.493 e. The Morgan fingerprint density at radius 3 is 2.74 bits per heavy atom. The van der Waals surface area contributed by atoms with E-state index < -0.39 is 5.91 Å². The fourth-order valence-electron chi connectivity index (χ4n) is 2.56. The van der Waals surface area contributed by atoms with E-state index in [1.165, 1.54) is 0 Å². The molecular formula is C16H24ClN3O3. The highest BCUT2D eigenvalue weighted by Crippen LogP contribution is 2.28. The summed E-state index contributed by atoms with van der Waals surface area (Å²) in [6.45, 7) is 4.43. The van der Waals surface area contributed by atoms with Crippen molar-refractivity contribution in [2.75, 3.05) is 26.2 Å². The maximum Gasteiger partial charge on any atom is 0.248 e. The van der Waals surface area contributed by atoms with E-state index in [-0.39, 0.29) is 30.3 Å². The van der Waals surface area contributed by atoms with E-state index >= 15 is 0 Å². The normalized spacial score (nSPS) is 20.0. The van der Waals surface area contributed by atoms with Gasteiger partial charge in [-0.15, -0.1) is 12.4 Å². The third kappa shape index (κ3) is 5.11. The first-order valence-corrected chi connectivity index (χ1v) is 7.44. The molecular weight excluding hydrogens is 318 g/mol.